The molecule has 0 atom stereocenters. The highest BCUT2D eigenvalue weighted by Gasteiger charge is 2.16. The van der Waals surface area contributed by atoms with Gasteiger partial charge >= 0.3 is 5.97 Å². The van der Waals surface area contributed by atoms with Crippen LogP contribution < -0.4 is 10.6 Å². The van der Waals surface area contributed by atoms with Gasteiger partial charge in [-0.05, 0) is 25.0 Å². The molecule has 0 heterocycles. The highest BCUT2D eigenvalue weighted by molar-refractivity contribution is 6.04. The van der Waals surface area contributed by atoms with Gasteiger partial charge in [0.05, 0.1) is 11.1 Å². The molecule has 120 valence electrons. The average molecular weight is 306 g/mol. The summed E-state index contributed by atoms with van der Waals surface area (Å²) in [7, 11) is 0. The van der Waals surface area contributed by atoms with Crippen molar-refractivity contribution in [3.63, 3.8) is 0 Å². The Hall–Kier alpha value is -2.37. The number of nitrogens with one attached hydrogen (secondary N) is 2. The molecule has 6 nitrogen and oxygen atoms in total. The van der Waals surface area contributed by atoms with Gasteiger partial charge in [0.1, 0.15) is 0 Å². The lowest BCUT2D eigenvalue weighted by Crippen LogP contribution is -2.37. The third-order valence-electron chi connectivity index (χ3n) is 3.47. The number of aromatic carboxylic acids is 1. The minimum absolute atomic E-state index is 0.0107. The van der Waals surface area contributed by atoms with E-state index in [-0.39, 0.29) is 29.5 Å². The number of carbonyl (C=O) groups excluding carboxylic acids is 2. The first kappa shape index (κ1) is 17.7. The fraction of sp³-hybridized carbons (Fsp3) is 0.438. The minimum Gasteiger partial charge on any atom is -0.478 e. The van der Waals surface area contributed by atoms with Gasteiger partial charge in [0.25, 0.3) is 5.91 Å². The van der Waals surface area contributed by atoms with E-state index in [4.69, 9.17) is 5.11 Å². The first-order valence-electron chi connectivity index (χ1n) is 7.39. The van der Waals surface area contributed by atoms with Crippen molar-refractivity contribution in [1.29, 1.82) is 0 Å². The number of hydrogen-bond donors (Lipinski definition) is 3. The summed E-state index contributed by atoms with van der Waals surface area (Å²) in [6.45, 7) is 4.48. The number of rotatable bonds is 8. The van der Waals surface area contributed by atoms with E-state index in [2.05, 4.69) is 10.6 Å². The average Bonchev–Trinajstić information content (AvgIpc) is 2.52. The zero-order valence-corrected chi connectivity index (χ0v) is 12.9. The predicted octanol–water partition coefficient (Wildman–Crippen LogP) is 1.67. The summed E-state index contributed by atoms with van der Waals surface area (Å²) in [6, 6.07) is 6.01. The SMILES string of the molecule is CCC(CC)C(=O)NCCNC(=O)c1ccccc1C(=O)O. The summed E-state index contributed by atoms with van der Waals surface area (Å²) in [4.78, 5) is 34.8. The Morgan fingerprint density at radius 3 is 2.09 bits per heavy atom. The van der Waals surface area contributed by atoms with E-state index in [1.807, 2.05) is 13.8 Å². The van der Waals surface area contributed by atoms with Gasteiger partial charge in [-0.25, -0.2) is 4.79 Å². The second-order valence-electron chi connectivity index (χ2n) is 4.91. The van der Waals surface area contributed by atoms with Crippen LogP contribution >= 0.6 is 0 Å². The summed E-state index contributed by atoms with van der Waals surface area (Å²) in [6.07, 6.45) is 1.56. The van der Waals surface area contributed by atoms with Gasteiger partial charge in [0.2, 0.25) is 5.91 Å². The van der Waals surface area contributed by atoms with Crippen molar-refractivity contribution in [2.24, 2.45) is 5.92 Å². The topological polar surface area (TPSA) is 95.5 Å². The summed E-state index contributed by atoms with van der Waals surface area (Å²) < 4.78 is 0. The Morgan fingerprint density at radius 1 is 1.00 bits per heavy atom. The standard InChI is InChI=1S/C16H22N2O4/c1-3-11(4-2)14(19)17-9-10-18-15(20)12-7-5-6-8-13(12)16(21)22/h5-8,11H,3-4,9-10H2,1-2H3,(H,17,19)(H,18,20)(H,21,22). The zero-order chi connectivity index (χ0) is 16.5. The van der Waals surface area contributed by atoms with Crippen molar-refractivity contribution in [1.82, 2.24) is 10.6 Å². The molecule has 0 fully saturated rings. The van der Waals surface area contributed by atoms with Crippen molar-refractivity contribution >= 4 is 17.8 Å². The molecule has 0 aliphatic heterocycles. The second-order valence-corrected chi connectivity index (χ2v) is 4.91. The van der Waals surface area contributed by atoms with Crippen LogP contribution in [0.5, 0.6) is 0 Å². The fourth-order valence-corrected chi connectivity index (χ4v) is 2.13. The molecule has 0 bridgehead atoms. The first-order chi connectivity index (χ1) is 10.5. The van der Waals surface area contributed by atoms with Crippen LogP contribution in [0, 0.1) is 5.92 Å². The summed E-state index contributed by atoms with van der Waals surface area (Å²) in [5.41, 5.74) is 0.0717. The molecule has 0 unspecified atom stereocenters. The highest BCUT2D eigenvalue weighted by atomic mass is 16.4. The number of carboxylic acids is 1. The molecule has 0 saturated heterocycles. The van der Waals surface area contributed by atoms with Crippen LogP contribution in [0.15, 0.2) is 24.3 Å². The summed E-state index contributed by atoms with van der Waals surface area (Å²) >= 11 is 0. The van der Waals surface area contributed by atoms with Crippen molar-refractivity contribution in [2.45, 2.75) is 26.7 Å². The molecule has 6 heteroatoms. The first-order valence-corrected chi connectivity index (χ1v) is 7.39. The number of carboxylic acid groups (broad SMARTS) is 1. The molecule has 0 spiro atoms. The Morgan fingerprint density at radius 2 is 1.55 bits per heavy atom. The predicted molar refractivity (Wildman–Crippen MR) is 82.8 cm³/mol. The van der Waals surface area contributed by atoms with Crippen LogP contribution in [0.25, 0.3) is 0 Å². The third-order valence-corrected chi connectivity index (χ3v) is 3.47. The molecular weight excluding hydrogens is 284 g/mol. The number of benzene rings is 1. The Kier molecular flexibility index (Phi) is 7.08. The van der Waals surface area contributed by atoms with E-state index in [0.29, 0.717) is 6.54 Å². The Balaban J connectivity index is 2.48. The highest BCUT2D eigenvalue weighted by Crippen LogP contribution is 2.08. The zero-order valence-electron chi connectivity index (χ0n) is 12.9. The molecule has 0 aliphatic rings. The molecule has 3 N–H and O–H groups in total. The molecular formula is C16H22N2O4. The molecule has 1 rings (SSSR count). The van der Waals surface area contributed by atoms with Gasteiger partial charge in [-0.1, -0.05) is 26.0 Å². The van der Waals surface area contributed by atoms with Crippen LogP contribution in [0.2, 0.25) is 0 Å². The largest absolute Gasteiger partial charge is 0.478 e. The molecule has 0 aromatic heterocycles. The molecule has 22 heavy (non-hydrogen) atoms. The molecule has 0 aliphatic carbocycles. The van der Waals surface area contributed by atoms with E-state index < -0.39 is 11.9 Å². The molecule has 0 saturated carbocycles. The van der Waals surface area contributed by atoms with E-state index in [1.165, 1.54) is 12.1 Å². The van der Waals surface area contributed by atoms with Crippen molar-refractivity contribution in [3.8, 4) is 0 Å². The fourth-order valence-electron chi connectivity index (χ4n) is 2.13. The molecule has 1 aromatic carbocycles. The van der Waals surface area contributed by atoms with Crippen molar-refractivity contribution in [3.05, 3.63) is 35.4 Å². The third kappa shape index (κ3) is 4.87. The lowest BCUT2D eigenvalue weighted by molar-refractivity contribution is -0.125. The van der Waals surface area contributed by atoms with Gasteiger partial charge in [0.15, 0.2) is 0 Å². The lowest BCUT2D eigenvalue weighted by atomic mass is 10.0. The number of carbonyl (C=O) groups is 3. The Bertz CT molecular complexity index is 539. The van der Waals surface area contributed by atoms with Gasteiger partial charge in [-0.15, -0.1) is 0 Å². The number of amides is 2. The number of hydrogen-bond acceptors (Lipinski definition) is 3. The van der Waals surface area contributed by atoms with Crippen LogP contribution in [0.3, 0.4) is 0 Å². The maximum Gasteiger partial charge on any atom is 0.336 e. The normalized spacial score (nSPS) is 10.3. The van der Waals surface area contributed by atoms with E-state index in [1.54, 1.807) is 12.1 Å². The summed E-state index contributed by atoms with van der Waals surface area (Å²) in [5, 5.41) is 14.4. The molecule has 0 radical (unpaired) electrons. The Labute approximate surface area is 129 Å². The smallest absolute Gasteiger partial charge is 0.336 e. The van der Waals surface area contributed by atoms with Gasteiger partial charge in [-0.2, -0.15) is 0 Å². The van der Waals surface area contributed by atoms with E-state index in [9.17, 15) is 14.4 Å². The van der Waals surface area contributed by atoms with E-state index in [0.717, 1.165) is 12.8 Å². The lowest BCUT2D eigenvalue weighted by Gasteiger charge is -2.13. The monoisotopic (exact) mass is 306 g/mol. The maximum absolute atomic E-state index is 12.0. The van der Waals surface area contributed by atoms with Crippen LogP contribution in [-0.2, 0) is 4.79 Å². The van der Waals surface area contributed by atoms with Crippen LogP contribution in [0.1, 0.15) is 47.4 Å². The maximum atomic E-state index is 12.0. The van der Waals surface area contributed by atoms with Gasteiger partial charge in [-0.3, -0.25) is 9.59 Å². The molecule has 2 amide bonds. The molecule has 1 aromatic rings. The van der Waals surface area contributed by atoms with E-state index >= 15 is 0 Å². The summed E-state index contributed by atoms with van der Waals surface area (Å²) in [5.74, 6) is -1.64. The van der Waals surface area contributed by atoms with Gasteiger partial charge < -0.3 is 15.7 Å². The minimum atomic E-state index is -1.15. The van der Waals surface area contributed by atoms with Crippen molar-refractivity contribution < 1.29 is 19.5 Å². The quantitative estimate of drug-likeness (QED) is 0.637. The second kappa shape index (κ2) is 8.81. The van der Waals surface area contributed by atoms with Crippen molar-refractivity contribution in [2.75, 3.05) is 13.1 Å². The van der Waals surface area contributed by atoms with Crippen LogP contribution in [0.4, 0.5) is 0 Å². The van der Waals surface area contributed by atoms with Crippen LogP contribution in [-0.4, -0.2) is 36.0 Å². The van der Waals surface area contributed by atoms with Gasteiger partial charge in [0, 0.05) is 19.0 Å².